The van der Waals surface area contributed by atoms with E-state index in [1.165, 1.54) is 6.07 Å². The van der Waals surface area contributed by atoms with Crippen molar-refractivity contribution in [1.82, 2.24) is 10.6 Å². The summed E-state index contributed by atoms with van der Waals surface area (Å²) < 4.78 is 24.2. The molecular formula is C34H42N4O8. The van der Waals surface area contributed by atoms with Gasteiger partial charge in [-0.25, -0.2) is 4.79 Å². The van der Waals surface area contributed by atoms with Crippen LogP contribution in [0.4, 0.5) is 0 Å². The van der Waals surface area contributed by atoms with Crippen molar-refractivity contribution in [2.75, 3.05) is 13.2 Å². The molecule has 4 atom stereocenters. The van der Waals surface area contributed by atoms with E-state index in [4.69, 9.17) is 30.1 Å². The highest BCUT2D eigenvalue weighted by Crippen LogP contribution is 2.48. The molecule has 2 aromatic rings. The van der Waals surface area contributed by atoms with Crippen molar-refractivity contribution in [2.45, 2.75) is 88.7 Å². The van der Waals surface area contributed by atoms with Crippen LogP contribution in [0.3, 0.4) is 0 Å². The Labute approximate surface area is 266 Å². The molecule has 0 spiro atoms. The summed E-state index contributed by atoms with van der Waals surface area (Å²) >= 11 is 0. The number of phenolic OH excluding ortho intramolecular Hbond substituents is 1. The number of epoxide rings is 1. The van der Waals surface area contributed by atoms with E-state index >= 15 is 0 Å². The van der Waals surface area contributed by atoms with E-state index in [2.05, 4.69) is 22.8 Å². The zero-order valence-electron chi connectivity index (χ0n) is 26.4. The molecule has 46 heavy (non-hydrogen) atoms. The quantitative estimate of drug-likeness (QED) is 0.127. The van der Waals surface area contributed by atoms with Crippen molar-refractivity contribution >= 4 is 16.9 Å². The number of aryl methyl sites for hydroxylation is 1. The number of aromatic hydroxyl groups is 1. The molecule has 1 aromatic carbocycles. The standard InChI is InChI=1S/C34H42N4O8/c1-18-12-23(40)30-25(43-18)17-24-21(31(30)41)16-27(33(2,3)45-24)44-32(42)34(9-4-5-11-39)26(46-34)7-6-19-13-22(38-29(36)14-19)20-8-10-37-28(35)15-20/h8,12-15,17,22,26-27,37-39,41H,4-7,9-11,16,35-36H2,1-3H3. The number of benzene rings is 1. The molecule has 1 saturated heterocycles. The van der Waals surface area contributed by atoms with Gasteiger partial charge < -0.3 is 50.9 Å². The average molecular weight is 635 g/mol. The predicted octanol–water partition coefficient (Wildman–Crippen LogP) is 2.54. The summed E-state index contributed by atoms with van der Waals surface area (Å²) in [4.78, 5) is 26.6. The largest absolute Gasteiger partial charge is 0.507 e. The Morgan fingerprint density at radius 1 is 1.17 bits per heavy atom. The van der Waals surface area contributed by atoms with Crippen LogP contribution in [0.1, 0.15) is 57.3 Å². The molecule has 246 valence electrons. The lowest BCUT2D eigenvalue weighted by atomic mass is 9.88. The number of allylic oxidation sites excluding steroid dienone is 2. The van der Waals surface area contributed by atoms with Gasteiger partial charge in [-0.05, 0) is 76.2 Å². The van der Waals surface area contributed by atoms with E-state index in [1.807, 2.05) is 26.0 Å². The maximum Gasteiger partial charge on any atom is 0.341 e. The smallest absolute Gasteiger partial charge is 0.341 e. The number of hydrogen-bond donors (Lipinski definition) is 6. The summed E-state index contributed by atoms with van der Waals surface area (Å²) in [7, 11) is 0. The van der Waals surface area contributed by atoms with Gasteiger partial charge in [0.1, 0.15) is 39.9 Å². The van der Waals surface area contributed by atoms with Crippen molar-refractivity contribution in [3.63, 3.8) is 0 Å². The number of nitrogens with one attached hydrogen (secondary N) is 2. The number of carbonyl (C=O) groups excluding carboxylic acids is 1. The van der Waals surface area contributed by atoms with E-state index in [-0.39, 0.29) is 47.3 Å². The van der Waals surface area contributed by atoms with Gasteiger partial charge in [0.05, 0.1) is 23.8 Å². The lowest BCUT2D eigenvalue weighted by molar-refractivity contribution is -0.168. The predicted molar refractivity (Wildman–Crippen MR) is 171 cm³/mol. The van der Waals surface area contributed by atoms with Gasteiger partial charge in [0.25, 0.3) is 0 Å². The Morgan fingerprint density at radius 3 is 2.74 bits per heavy atom. The van der Waals surface area contributed by atoms with Gasteiger partial charge in [-0.1, -0.05) is 12.2 Å². The van der Waals surface area contributed by atoms with Crippen molar-refractivity contribution in [1.29, 1.82) is 0 Å². The molecule has 4 unspecified atom stereocenters. The van der Waals surface area contributed by atoms with Gasteiger partial charge in [0.15, 0.2) is 11.0 Å². The van der Waals surface area contributed by atoms with Crippen molar-refractivity contribution in [3.05, 3.63) is 80.8 Å². The Morgan fingerprint density at radius 2 is 1.98 bits per heavy atom. The van der Waals surface area contributed by atoms with E-state index in [0.717, 1.165) is 11.1 Å². The van der Waals surface area contributed by atoms with E-state index in [9.17, 15) is 19.8 Å². The first-order valence-electron chi connectivity index (χ1n) is 15.7. The number of esters is 1. The second-order valence-corrected chi connectivity index (χ2v) is 13.0. The zero-order valence-corrected chi connectivity index (χ0v) is 26.4. The van der Waals surface area contributed by atoms with Crippen LogP contribution in [0, 0.1) is 6.92 Å². The highest BCUT2D eigenvalue weighted by molar-refractivity contribution is 5.87. The van der Waals surface area contributed by atoms with Crippen LogP contribution in [0.25, 0.3) is 11.0 Å². The van der Waals surface area contributed by atoms with Gasteiger partial charge in [-0.2, -0.15) is 0 Å². The second kappa shape index (κ2) is 12.1. The van der Waals surface area contributed by atoms with Crippen LogP contribution in [0.5, 0.6) is 11.5 Å². The number of fused-ring (bicyclic) bond motifs is 2. The first-order valence-corrected chi connectivity index (χ1v) is 15.7. The van der Waals surface area contributed by atoms with Gasteiger partial charge in [0, 0.05) is 37.3 Å². The second-order valence-electron chi connectivity index (χ2n) is 13.0. The fraction of sp³-hybridized carbons (Fsp3) is 0.471. The molecule has 12 nitrogen and oxygen atoms in total. The Hall–Kier alpha value is -4.42. The lowest BCUT2D eigenvalue weighted by Gasteiger charge is -2.39. The van der Waals surface area contributed by atoms with Gasteiger partial charge >= 0.3 is 5.97 Å². The summed E-state index contributed by atoms with van der Waals surface area (Å²) in [6.45, 7) is 5.92. The third-order valence-corrected chi connectivity index (χ3v) is 9.15. The summed E-state index contributed by atoms with van der Waals surface area (Å²) in [6, 6.07) is 2.80. The van der Waals surface area contributed by atoms with Crippen LogP contribution >= 0.6 is 0 Å². The topological polar surface area (TPSA) is 195 Å². The van der Waals surface area contributed by atoms with Crippen LogP contribution in [-0.4, -0.2) is 58.8 Å². The average Bonchev–Trinajstić information content (AvgIpc) is 3.70. The lowest BCUT2D eigenvalue weighted by Crippen LogP contribution is -2.50. The van der Waals surface area contributed by atoms with Crippen LogP contribution < -0.4 is 32.3 Å². The minimum Gasteiger partial charge on any atom is -0.507 e. The normalized spacial score (nSPS) is 26.3. The molecular weight excluding hydrogens is 592 g/mol. The highest BCUT2D eigenvalue weighted by Gasteiger charge is 2.63. The number of nitrogens with two attached hydrogens (primary N) is 2. The summed E-state index contributed by atoms with van der Waals surface area (Å²) in [5, 5.41) is 26.9. The van der Waals surface area contributed by atoms with Gasteiger partial charge in [0.2, 0.25) is 0 Å². The van der Waals surface area contributed by atoms with Gasteiger partial charge in [-0.3, -0.25) is 4.79 Å². The maximum atomic E-state index is 13.9. The monoisotopic (exact) mass is 634 g/mol. The first kappa shape index (κ1) is 31.6. The molecule has 0 aliphatic carbocycles. The third-order valence-electron chi connectivity index (χ3n) is 9.15. The molecule has 12 heteroatoms. The number of aliphatic hydroxyl groups is 1. The molecule has 0 amide bonds. The van der Waals surface area contributed by atoms with E-state index < -0.39 is 23.3 Å². The first-order chi connectivity index (χ1) is 21.9. The SMILES string of the molecule is Cc1cc(=O)c2c(O)c3c(cc2o1)OC(C)(C)C(OC(=O)C1(CCCCO)OC1CCC1=CC(C2=CCNC(N)=C2)NC(N)=C1)C3. The number of phenols is 1. The van der Waals surface area contributed by atoms with Crippen LogP contribution in [-0.2, 0) is 20.7 Å². The summed E-state index contributed by atoms with van der Waals surface area (Å²) in [5.74, 6) is 1.18. The van der Waals surface area contributed by atoms with Crippen LogP contribution in [0.2, 0.25) is 0 Å². The Bertz CT molecular complexity index is 1740. The zero-order chi connectivity index (χ0) is 32.8. The summed E-state index contributed by atoms with van der Waals surface area (Å²) in [6.07, 6.45) is 9.57. The Balaban J connectivity index is 1.18. The number of dihydropyridines is 2. The number of rotatable bonds is 10. The molecule has 4 aliphatic rings. The molecule has 8 N–H and O–H groups in total. The minimum absolute atomic E-state index is 0.00645. The number of carbonyl (C=O) groups is 1. The van der Waals surface area contributed by atoms with E-state index in [1.54, 1.807) is 13.0 Å². The van der Waals surface area contributed by atoms with Crippen molar-refractivity contribution in [3.8, 4) is 11.5 Å². The van der Waals surface area contributed by atoms with E-state index in [0.29, 0.717) is 67.4 Å². The summed E-state index contributed by atoms with van der Waals surface area (Å²) in [5.41, 5.74) is 12.3. The van der Waals surface area contributed by atoms with Crippen molar-refractivity contribution < 1.29 is 33.6 Å². The Kier molecular flexibility index (Phi) is 8.28. The molecule has 4 aliphatic heterocycles. The molecule has 0 bridgehead atoms. The molecule has 5 heterocycles. The maximum absolute atomic E-state index is 13.9. The third kappa shape index (κ3) is 6.06. The minimum atomic E-state index is -1.16. The number of aliphatic hydroxyl groups excluding tert-OH is 1. The number of ether oxygens (including phenoxy) is 3. The fourth-order valence-electron chi connectivity index (χ4n) is 6.59. The molecule has 6 rings (SSSR count). The van der Waals surface area contributed by atoms with Crippen LogP contribution in [0.15, 0.2) is 68.4 Å². The van der Waals surface area contributed by atoms with Crippen molar-refractivity contribution in [2.24, 2.45) is 11.5 Å². The number of hydrogen-bond acceptors (Lipinski definition) is 12. The molecule has 1 aromatic heterocycles. The molecule has 0 saturated carbocycles. The number of unbranched alkanes of at least 4 members (excludes halogenated alkanes) is 1. The molecule has 1 fully saturated rings. The molecule has 0 radical (unpaired) electrons. The fourth-order valence-corrected chi connectivity index (χ4v) is 6.59. The van der Waals surface area contributed by atoms with Gasteiger partial charge in [-0.15, -0.1) is 0 Å². The highest BCUT2D eigenvalue weighted by atomic mass is 16.7.